The van der Waals surface area contributed by atoms with Crippen LogP contribution in [0, 0.1) is 5.82 Å². The van der Waals surface area contributed by atoms with Gasteiger partial charge in [0.25, 0.3) is 0 Å². The fourth-order valence-corrected chi connectivity index (χ4v) is 5.13. The summed E-state index contributed by atoms with van der Waals surface area (Å²) >= 11 is 6.42. The number of esters is 1. The number of carbonyl (C=O) groups excluding carboxylic acids is 2. The van der Waals surface area contributed by atoms with Crippen LogP contribution in [0.2, 0.25) is 5.02 Å². The van der Waals surface area contributed by atoms with Crippen molar-refractivity contribution in [1.82, 2.24) is 41.5 Å². The zero-order valence-electron chi connectivity index (χ0n) is 27.2. The van der Waals surface area contributed by atoms with E-state index in [1.807, 2.05) is 6.92 Å². The molecule has 15 nitrogen and oxygen atoms in total. The summed E-state index contributed by atoms with van der Waals surface area (Å²) in [5, 5.41) is 14.4. The predicted molar refractivity (Wildman–Crippen MR) is 175 cm³/mol. The number of aromatic nitrogens is 4. The number of hydrogen-bond acceptors (Lipinski definition) is 13. The van der Waals surface area contributed by atoms with Crippen LogP contribution >= 0.6 is 11.6 Å². The summed E-state index contributed by atoms with van der Waals surface area (Å²) in [6, 6.07) is 6.57. The molecule has 0 bridgehead atoms. The molecule has 2 aliphatic rings. The zero-order valence-corrected chi connectivity index (χ0v) is 28.0. The first-order valence-corrected chi connectivity index (χ1v) is 16.1. The number of carbonyl (C=O) groups is 2. The Kier molecular flexibility index (Phi) is 12.8. The van der Waals surface area contributed by atoms with Crippen LogP contribution in [0.15, 0.2) is 65.2 Å². The number of hydrazine groups is 1. The molecular weight excluding hydrogens is 661 g/mol. The maximum absolute atomic E-state index is 13.9. The minimum absolute atomic E-state index is 0.00617. The maximum Gasteiger partial charge on any atom is 0.338 e. The summed E-state index contributed by atoms with van der Waals surface area (Å²) in [6.07, 6.45) is 6.15. The van der Waals surface area contributed by atoms with Crippen molar-refractivity contribution >= 4 is 29.3 Å². The van der Waals surface area contributed by atoms with Gasteiger partial charge in [0, 0.05) is 41.5 Å². The number of ether oxygens (including phenoxy) is 4. The lowest BCUT2D eigenvalue weighted by Crippen LogP contribution is -2.35. The highest BCUT2D eigenvalue weighted by molar-refractivity contribution is 6.31. The minimum Gasteiger partial charge on any atom is -0.466 e. The number of aliphatic imine (C=N–C) groups is 1. The van der Waals surface area contributed by atoms with E-state index in [4.69, 9.17) is 35.5 Å². The Morgan fingerprint density at radius 1 is 1.06 bits per heavy atom. The molecule has 1 fully saturated rings. The molecule has 1 unspecified atom stereocenters. The third-order valence-electron chi connectivity index (χ3n) is 7.63. The number of methoxy groups -OCH3 is 1. The van der Waals surface area contributed by atoms with E-state index in [9.17, 15) is 14.0 Å². The second-order valence-corrected chi connectivity index (χ2v) is 11.8. The van der Waals surface area contributed by atoms with Gasteiger partial charge in [-0.25, -0.2) is 24.7 Å². The van der Waals surface area contributed by atoms with E-state index < -0.39 is 17.8 Å². The van der Waals surface area contributed by atoms with Crippen LogP contribution in [-0.2, 0) is 41.7 Å². The van der Waals surface area contributed by atoms with Crippen LogP contribution in [0.3, 0.4) is 0 Å². The van der Waals surface area contributed by atoms with Crippen LogP contribution < -0.4 is 21.5 Å². The zero-order chi connectivity index (χ0) is 34.6. The fourth-order valence-electron chi connectivity index (χ4n) is 4.86. The molecule has 1 atom stereocenters. The van der Waals surface area contributed by atoms with Crippen molar-refractivity contribution < 1.29 is 32.9 Å². The van der Waals surface area contributed by atoms with Gasteiger partial charge in [-0.2, -0.15) is 0 Å². The lowest BCUT2D eigenvalue weighted by molar-refractivity contribution is -0.136. The number of hydrogen-bond donors (Lipinski definition) is 4. The first-order chi connectivity index (χ1) is 23.7. The van der Waals surface area contributed by atoms with Crippen molar-refractivity contribution in [3.63, 3.8) is 0 Å². The van der Waals surface area contributed by atoms with E-state index >= 15 is 0 Å². The lowest BCUT2D eigenvalue weighted by atomic mass is 9.95. The Morgan fingerprint density at radius 3 is 2.57 bits per heavy atom. The maximum atomic E-state index is 13.9. The Balaban J connectivity index is 1.08. The van der Waals surface area contributed by atoms with Crippen molar-refractivity contribution in [1.29, 1.82) is 0 Å². The molecule has 4 heterocycles. The van der Waals surface area contributed by atoms with E-state index in [0.29, 0.717) is 74.3 Å². The summed E-state index contributed by atoms with van der Waals surface area (Å²) < 4.78 is 37.7. The number of nitrogens with zero attached hydrogens (tertiary/aromatic N) is 5. The molecule has 0 saturated carbocycles. The molecule has 0 aliphatic carbocycles. The largest absolute Gasteiger partial charge is 0.466 e. The normalized spacial score (nSPS) is 16.6. The van der Waals surface area contributed by atoms with E-state index in [2.05, 4.69) is 36.8 Å². The summed E-state index contributed by atoms with van der Waals surface area (Å²) in [5.41, 5.74) is 8.18. The van der Waals surface area contributed by atoms with E-state index in [1.54, 1.807) is 35.4 Å². The van der Waals surface area contributed by atoms with Gasteiger partial charge in [0.2, 0.25) is 5.91 Å². The highest BCUT2D eigenvalue weighted by atomic mass is 35.5. The average molecular weight is 700 g/mol. The number of rotatable bonds is 19. The van der Waals surface area contributed by atoms with Crippen LogP contribution in [0.5, 0.6) is 0 Å². The first-order valence-electron chi connectivity index (χ1n) is 15.7. The predicted octanol–water partition coefficient (Wildman–Crippen LogP) is 1.95. The number of pyridine rings is 1. The molecule has 17 heteroatoms. The van der Waals surface area contributed by atoms with Crippen LogP contribution in [-0.4, -0.2) is 90.0 Å². The van der Waals surface area contributed by atoms with Crippen molar-refractivity contribution in [2.24, 2.45) is 4.99 Å². The van der Waals surface area contributed by atoms with Gasteiger partial charge in [0.05, 0.1) is 76.4 Å². The number of halogens is 2. The molecule has 1 saturated heterocycles. The molecule has 0 spiro atoms. The fraction of sp³-hybridized carbons (Fsp3) is 0.438. The molecule has 1 amide bonds. The minimum atomic E-state index is -0.892. The van der Waals surface area contributed by atoms with Gasteiger partial charge in [0.1, 0.15) is 23.4 Å². The van der Waals surface area contributed by atoms with Gasteiger partial charge in [-0.15, -0.1) is 5.10 Å². The SMILES string of the molecule is COC(=O)C1=C(COCc2cn(CCOCCOCCNC(=O)CCC3(C)NN3)nn2)NC(c2ccncc2)=NC1c1ccc(F)cc1Cl. The summed E-state index contributed by atoms with van der Waals surface area (Å²) in [4.78, 5) is 33.7. The van der Waals surface area contributed by atoms with Crippen molar-refractivity contribution in [2.45, 2.75) is 44.6 Å². The molecule has 1 aromatic carbocycles. The molecule has 5 rings (SSSR count). The molecule has 49 heavy (non-hydrogen) atoms. The molecule has 3 aromatic rings. The van der Waals surface area contributed by atoms with E-state index in [-0.39, 0.29) is 35.4 Å². The monoisotopic (exact) mass is 699 g/mol. The van der Waals surface area contributed by atoms with Gasteiger partial charge in [0.15, 0.2) is 0 Å². The lowest BCUT2D eigenvalue weighted by Gasteiger charge is -2.28. The van der Waals surface area contributed by atoms with Gasteiger partial charge in [-0.1, -0.05) is 22.9 Å². The molecule has 262 valence electrons. The summed E-state index contributed by atoms with van der Waals surface area (Å²) in [5.74, 6) is -0.706. The Hall–Kier alpha value is -4.32. The smallest absolute Gasteiger partial charge is 0.338 e. The summed E-state index contributed by atoms with van der Waals surface area (Å²) in [6.45, 7) is 4.58. The standard InChI is InChI=1S/C32H39ClFN9O6/c1-32(40-41-32)8-5-27(44)36-11-13-47-15-16-48-14-12-43-18-23(39-42-43)19-49-20-26-28(31(45)46-2)29(24-4-3-22(34)17-25(24)33)38-30(37-26)21-6-9-35-10-7-21/h3-4,6-7,9-10,17-18,29,40-41H,5,8,11-16,19-20H2,1-2H3,(H,36,44)(H,37,38). The highest BCUT2D eigenvalue weighted by Gasteiger charge is 2.36. The van der Waals surface area contributed by atoms with Crippen LogP contribution in [0.25, 0.3) is 0 Å². The Labute approximate surface area is 287 Å². The molecule has 2 aliphatic heterocycles. The van der Waals surface area contributed by atoms with Crippen molar-refractivity contribution in [3.05, 3.63) is 87.9 Å². The number of amides is 1. The Bertz CT molecular complexity index is 1650. The molecule has 0 radical (unpaired) electrons. The van der Waals surface area contributed by atoms with Crippen molar-refractivity contribution in [3.8, 4) is 0 Å². The van der Waals surface area contributed by atoms with Gasteiger partial charge < -0.3 is 29.6 Å². The number of amidine groups is 1. The topological polar surface area (TPSA) is 195 Å². The average Bonchev–Trinajstić information content (AvgIpc) is 3.67. The highest BCUT2D eigenvalue weighted by Crippen LogP contribution is 2.36. The van der Waals surface area contributed by atoms with E-state index in [1.165, 1.54) is 25.3 Å². The number of nitrogens with one attached hydrogen (secondary N) is 4. The van der Waals surface area contributed by atoms with Gasteiger partial charge in [-0.3, -0.25) is 14.8 Å². The van der Waals surface area contributed by atoms with Gasteiger partial charge >= 0.3 is 5.97 Å². The summed E-state index contributed by atoms with van der Waals surface area (Å²) in [7, 11) is 1.27. The van der Waals surface area contributed by atoms with Crippen molar-refractivity contribution in [2.75, 3.05) is 46.7 Å². The third kappa shape index (κ3) is 10.6. The second kappa shape index (κ2) is 17.4. The van der Waals surface area contributed by atoms with Crippen LogP contribution in [0.1, 0.15) is 42.6 Å². The molecule has 2 aromatic heterocycles. The molecule has 4 N–H and O–H groups in total. The molecular formula is C32H39ClFN9O6. The van der Waals surface area contributed by atoms with E-state index in [0.717, 1.165) is 6.42 Å². The quantitative estimate of drug-likeness (QED) is 0.0808. The first kappa shape index (κ1) is 36.0. The second-order valence-electron chi connectivity index (χ2n) is 11.4. The van der Waals surface area contributed by atoms with Crippen LogP contribution in [0.4, 0.5) is 4.39 Å². The Morgan fingerprint density at radius 2 is 1.84 bits per heavy atom. The number of benzene rings is 1. The third-order valence-corrected chi connectivity index (χ3v) is 7.96. The van der Waals surface area contributed by atoms with Gasteiger partial charge in [-0.05, 0) is 37.6 Å².